The second-order valence-electron chi connectivity index (χ2n) is 5.11. The summed E-state index contributed by atoms with van der Waals surface area (Å²) in [6, 6.07) is 0. The Labute approximate surface area is 85.9 Å². The molecule has 0 aromatic heterocycles. The number of rotatable bonds is 3. The van der Waals surface area contributed by atoms with Gasteiger partial charge in [0.1, 0.15) is 0 Å². The quantitative estimate of drug-likeness (QED) is 0.625. The van der Waals surface area contributed by atoms with E-state index in [9.17, 15) is 4.79 Å². The van der Waals surface area contributed by atoms with Gasteiger partial charge in [0.05, 0.1) is 0 Å². The lowest BCUT2D eigenvalue weighted by atomic mass is 9.48. The zero-order valence-electron chi connectivity index (χ0n) is 9.05. The van der Waals surface area contributed by atoms with Gasteiger partial charge in [-0.25, -0.2) is 0 Å². The molecule has 2 atom stereocenters. The first-order valence-electron chi connectivity index (χ1n) is 5.42. The molecule has 3 aliphatic carbocycles. The van der Waals surface area contributed by atoms with Crippen LogP contribution in [0.15, 0.2) is 24.3 Å². The molecule has 0 spiro atoms. The second kappa shape index (κ2) is 3.08. The van der Waals surface area contributed by atoms with E-state index in [-0.39, 0.29) is 5.41 Å². The van der Waals surface area contributed by atoms with Crippen LogP contribution in [0.4, 0.5) is 0 Å². The van der Waals surface area contributed by atoms with Crippen LogP contribution in [0.25, 0.3) is 0 Å². The Hall–Kier alpha value is -0.850. The van der Waals surface area contributed by atoms with Crippen LogP contribution in [-0.2, 0) is 4.79 Å². The topological polar surface area (TPSA) is 17.1 Å². The van der Waals surface area contributed by atoms with Gasteiger partial charge in [0.2, 0.25) is 0 Å². The highest BCUT2D eigenvalue weighted by molar-refractivity contribution is 5.96. The van der Waals surface area contributed by atoms with E-state index in [4.69, 9.17) is 0 Å². The molecule has 0 saturated heterocycles. The van der Waals surface area contributed by atoms with Gasteiger partial charge in [0, 0.05) is 5.92 Å². The summed E-state index contributed by atoms with van der Waals surface area (Å²) in [4.78, 5) is 11.7. The van der Waals surface area contributed by atoms with E-state index >= 15 is 0 Å². The Morgan fingerprint density at radius 3 is 2.79 bits per heavy atom. The van der Waals surface area contributed by atoms with Crippen LogP contribution < -0.4 is 0 Å². The van der Waals surface area contributed by atoms with Crippen LogP contribution in [0.5, 0.6) is 0 Å². The number of hydrogen-bond acceptors (Lipinski definition) is 1. The molecule has 3 aliphatic rings. The molecule has 0 heterocycles. The van der Waals surface area contributed by atoms with Crippen molar-refractivity contribution in [3.8, 4) is 0 Å². The van der Waals surface area contributed by atoms with E-state index in [0.29, 0.717) is 17.6 Å². The highest BCUT2D eigenvalue weighted by Gasteiger charge is 2.54. The molecule has 0 N–H and O–H groups in total. The lowest BCUT2D eigenvalue weighted by molar-refractivity contribution is -0.134. The van der Waals surface area contributed by atoms with Crippen molar-refractivity contribution in [3.63, 3.8) is 0 Å². The molecule has 1 nitrogen and oxygen atoms in total. The van der Waals surface area contributed by atoms with Gasteiger partial charge in [-0.05, 0) is 36.7 Å². The van der Waals surface area contributed by atoms with Crippen LogP contribution in [0.1, 0.15) is 33.1 Å². The van der Waals surface area contributed by atoms with Crippen molar-refractivity contribution >= 4 is 5.78 Å². The lowest BCUT2D eigenvalue weighted by Gasteiger charge is -2.55. The molecule has 0 aliphatic heterocycles. The van der Waals surface area contributed by atoms with E-state index in [1.165, 1.54) is 5.57 Å². The molecule has 2 bridgehead atoms. The summed E-state index contributed by atoms with van der Waals surface area (Å²) in [6.45, 7) is 8.18. The summed E-state index contributed by atoms with van der Waals surface area (Å²) in [7, 11) is 0. The van der Waals surface area contributed by atoms with Crippen LogP contribution in [0, 0.1) is 17.3 Å². The Kier molecular flexibility index (Phi) is 2.13. The van der Waals surface area contributed by atoms with Gasteiger partial charge >= 0.3 is 0 Å². The van der Waals surface area contributed by atoms with E-state index < -0.39 is 0 Å². The van der Waals surface area contributed by atoms with Crippen molar-refractivity contribution in [1.29, 1.82) is 0 Å². The van der Waals surface area contributed by atoms with Gasteiger partial charge in [0.15, 0.2) is 5.78 Å². The summed E-state index contributed by atoms with van der Waals surface area (Å²) in [5, 5.41) is 0. The molecule has 0 amide bonds. The summed E-state index contributed by atoms with van der Waals surface area (Å²) >= 11 is 0. The maximum Gasteiger partial charge on any atom is 0.159 e. The fourth-order valence-electron chi connectivity index (χ4n) is 2.94. The molecule has 14 heavy (non-hydrogen) atoms. The third-order valence-corrected chi connectivity index (χ3v) is 4.02. The highest BCUT2D eigenvalue weighted by Crippen LogP contribution is 2.58. The fourth-order valence-corrected chi connectivity index (χ4v) is 2.94. The van der Waals surface area contributed by atoms with Crippen molar-refractivity contribution < 1.29 is 4.79 Å². The highest BCUT2D eigenvalue weighted by atomic mass is 16.1. The number of allylic oxidation sites excluding steroid dienone is 3. The third kappa shape index (κ3) is 1.18. The summed E-state index contributed by atoms with van der Waals surface area (Å²) in [5.41, 5.74) is 1.59. The van der Waals surface area contributed by atoms with E-state index in [1.54, 1.807) is 0 Å². The first kappa shape index (κ1) is 9.70. The van der Waals surface area contributed by atoms with E-state index in [1.807, 2.05) is 12.2 Å². The first-order chi connectivity index (χ1) is 6.57. The zero-order valence-corrected chi connectivity index (χ0v) is 9.05. The number of carbonyl (C=O) groups excluding carboxylic acids is 1. The molecule has 76 valence electrons. The minimum atomic E-state index is 0.225. The molecular formula is C13H18O. The average molecular weight is 190 g/mol. The molecule has 0 aromatic carbocycles. The number of hydrogen-bond donors (Lipinski definition) is 0. The number of ketones is 1. The van der Waals surface area contributed by atoms with Gasteiger partial charge in [-0.2, -0.15) is 0 Å². The normalized spacial score (nSPS) is 33.3. The van der Waals surface area contributed by atoms with Gasteiger partial charge in [0.25, 0.3) is 0 Å². The van der Waals surface area contributed by atoms with E-state index in [2.05, 4.69) is 20.4 Å². The van der Waals surface area contributed by atoms with Crippen LogP contribution in [0.3, 0.4) is 0 Å². The van der Waals surface area contributed by atoms with Crippen molar-refractivity contribution in [2.45, 2.75) is 33.1 Å². The smallest absolute Gasteiger partial charge is 0.159 e. The lowest BCUT2D eigenvalue weighted by Crippen LogP contribution is -2.52. The Bertz CT molecular complexity index is 309. The summed E-state index contributed by atoms with van der Waals surface area (Å²) < 4.78 is 0. The molecule has 0 radical (unpaired) electrons. The predicted octanol–water partition coefficient (Wildman–Crippen LogP) is 3.12. The van der Waals surface area contributed by atoms with Crippen LogP contribution in [-0.4, -0.2) is 5.78 Å². The standard InChI is InChI=1S/C13H18O/c1-4-5-6-9-7-12(14)11-8-10(9)13(11,2)3/h4,7,10-11H,1,5-6,8H2,2-3H3/t10-,11+/m0/s1. The maximum atomic E-state index is 11.7. The Morgan fingerprint density at radius 2 is 2.29 bits per heavy atom. The molecule has 0 unspecified atom stereocenters. The van der Waals surface area contributed by atoms with Gasteiger partial charge in [-0.15, -0.1) is 6.58 Å². The van der Waals surface area contributed by atoms with Gasteiger partial charge in [-0.3, -0.25) is 4.79 Å². The molecule has 1 heteroatoms. The monoisotopic (exact) mass is 190 g/mol. The Morgan fingerprint density at radius 1 is 1.57 bits per heavy atom. The first-order valence-corrected chi connectivity index (χ1v) is 5.42. The zero-order chi connectivity index (χ0) is 10.3. The molecule has 3 rings (SSSR count). The van der Waals surface area contributed by atoms with Gasteiger partial charge in [-0.1, -0.05) is 25.5 Å². The van der Waals surface area contributed by atoms with Gasteiger partial charge < -0.3 is 0 Å². The average Bonchev–Trinajstić information content (AvgIpc) is 2.13. The molecule has 0 aromatic rings. The van der Waals surface area contributed by atoms with Crippen LogP contribution in [0.2, 0.25) is 0 Å². The number of carbonyl (C=O) groups is 1. The van der Waals surface area contributed by atoms with E-state index in [0.717, 1.165) is 19.3 Å². The van der Waals surface area contributed by atoms with Crippen molar-refractivity contribution in [2.75, 3.05) is 0 Å². The summed E-state index contributed by atoms with van der Waals surface area (Å²) in [5.74, 6) is 1.32. The predicted molar refractivity (Wildman–Crippen MR) is 57.9 cm³/mol. The fraction of sp³-hybridized carbons (Fsp3) is 0.615. The van der Waals surface area contributed by atoms with Crippen molar-refractivity contribution in [3.05, 3.63) is 24.3 Å². The largest absolute Gasteiger partial charge is 0.295 e. The number of fused-ring (bicyclic) bond motifs is 1. The maximum absolute atomic E-state index is 11.7. The van der Waals surface area contributed by atoms with Crippen LogP contribution >= 0.6 is 0 Å². The second-order valence-corrected chi connectivity index (χ2v) is 5.11. The summed E-state index contributed by atoms with van der Waals surface area (Å²) in [6.07, 6.45) is 6.94. The van der Waals surface area contributed by atoms with Crippen molar-refractivity contribution in [2.24, 2.45) is 17.3 Å². The Balaban J connectivity index is 2.18. The molecule has 1 saturated carbocycles. The minimum absolute atomic E-state index is 0.225. The molecule has 1 fully saturated rings. The third-order valence-electron chi connectivity index (χ3n) is 4.02. The SMILES string of the molecule is C=CCCC1=CC(=O)[C@H]2C[C@@H]1C2(C)C. The molecular weight excluding hydrogens is 172 g/mol. The van der Waals surface area contributed by atoms with Crippen molar-refractivity contribution in [1.82, 2.24) is 0 Å². The minimum Gasteiger partial charge on any atom is -0.295 e.